The molecule has 3 aromatic rings. The molecule has 0 N–H and O–H groups in total. The molecule has 0 spiro atoms. The number of ketones is 1. The molecule has 0 aliphatic heterocycles. The average molecular weight is 575 g/mol. The Morgan fingerprint density at radius 1 is 0.976 bits per heavy atom. The molecule has 0 radical (unpaired) electrons. The molecule has 4 rings (SSSR count). The topological polar surface area (TPSA) is 54.0 Å². The highest BCUT2D eigenvalue weighted by Gasteiger charge is 2.40. The predicted octanol–water partition coefficient (Wildman–Crippen LogP) is 9.35. The fourth-order valence-electron chi connectivity index (χ4n) is 5.36. The lowest BCUT2D eigenvalue weighted by Crippen LogP contribution is -2.41. The number of fused-ring (bicyclic) bond motifs is 1. The molecule has 2 atom stereocenters. The summed E-state index contributed by atoms with van der Waals surface area (Å²) in [5.74, 6) is 3.50. The Morgan fingerprint density at radius 2 is 1.68 bits per heavy atom. The first-order chi connectivity index (χ1) is 19.5. The fraction of sp³-hybridized carbons (Fsp3) is 0.457. The number of rotatable bonds is 11. The maximum atomic E-state index is 14.2. The molecule has 2 unspecified atom stereocenters. The summed E-state index contributed by atoms with van der Waals surface area (Å²) in [6.45, 7) is 13.9. The van der Waals surface area contributed by atoms with Gasteiger partial charge in [0.2, 0.25) is 8.32 Å². The monoisotopic (exact) mass is 574 g/mol. The van der Waals surface area contributed by atoms with Crippen LogP contribution in [0.2, 0.25) is 18.1 Å². The van der Waals surface area contributed by atoms with Crippen LogP contribution in [-0.2, 0) is 11.0 Å². The minimum absolute atomic E-state index is 0.0313. The van der Waals surface area contributed by atoms with Crippen molar-refractivity contribution in [3.05, 3.63) is 77.6 Å². The van der Waals surface area contributed by atoms with Gasteiger partial charge < -0.3 is 18.6 Å². The van der Waals surface area contributed by atoms with Crippen LogP contribution in [0, 0.1) is 11.8 Å². The maximum Gasteiger partial charge on any atom is 0.250 e. The molecule has 5 nitrogen and oxygen atoms in total. The van der Waals surface area contributed by atoms with Gasteiger partial charge in [0.25, 0.3) is 0 Å². The molecule has 0 fully saturated rings. The smallest absolute Gasteiger partial charge is 0.250 e. The lowest BCUT2D eigenvalue weighted by Gasteiger charge is -2.39. The SMILES string of the molecule is CCC1CC(O[Si](C)(C)C(C)(C)C)=CC(CC(=O)c2cc(OC)c3cccc(OC)c3c2OCc2ccccc2)C1. The van der Waals surface area contributed by atoms with Gasteiger partial charge in [-0.05, 0) is 60.2 Å². The molecule has 0 bridgehead atoms. The van der Waals surface area contributed by atoms with Crippen LogP contribution in [0.1, 0.15) is 69.3 Å². The van der Waals surface area contributed by atoms with Crippen LogP contribution < -0.4 is 14.2 Å². The number of carbonyl (C=O) groups is 1. The third-order valence-corrected chi connectivity index (χ3v) is 13.2. The quantitative estimate of drug-likeness (QED) is 0.169. The van der Waals surface area contributed by atoms with E-state index in [-0.39, 0.29) is 16.7 Å². The van der Waals surface area contributed by atoms with Crippen LogP contribution in [0.3, 0.4) is 0 Å². The largest absolute Gasteiger partial charge is 0.547 e. The van der Waals surface area contributed by atoms with Gasteiger partial charge in [-0.25, -0.2) is 0 Å². The highest BCUT2D eigenvalue weighted by atomic mass is 28.4. The number of benzene rings is 3. The molecule has 0 heterocycles. The van der Waals surface area contributed by atoms with Crippen molar-refractivity contribution >= 4 is 24.9 Å². The zero-order valence-electron chi connectivity index (χ0n) is 26.0. The van der Waals surface area contributed by atoms with Crippen LogP contribution >= 0.6 is 0 Å². The van der Waals surface area contributed by atoms with E-state index in [1.54, 1.807) is 14.2 Å². The van der Waals surface area contributed by atoms with Crippen molar-refractivity contribution in [3.63, 3.8) is 0 Å². The summed E-state index contributed by atoms with van der Waals surface area (Å²) >= 11 is 0. The van der Waals surface area contributed by atoms with E-state index in [1.807, 2.05) is 54.6 Å². The van der Waals surface area contributed by atoms with E-state index in [2.05, 4.69) is 46.9 Å². The zero-order chi connectivity index (χ0) is 29.8. The van der Waals surface area contributed by atoms with Crippen molar-refractivity contribution in [3.8, 4) is 17.2 Å². The third-order valence-electron chi connectivity index (χ3n) is 8.77. The van der Waals surface area contributed by atoms with Gasteiger partial charge in [-0.2, -0.15) is 0 Å². The Bertz CT molecular complexity index is 1390. The summed E-state index contributed by atoms with van der Waals surface area (Å²) in [6.07, 6.45) is 5.59. The lowest BCUT2D eigenvalue weighted by molar-refractivity contribution is 0.0956. The number of ether oxygens (including phenoxy) is 3. The van der Waals surface area contributed by atoms with Gasteiger partial charge in [-0.15, -0.1) is 0 Å². The number of hydrogen-bond acceptors (Lipinski definition) is 5. The Labute approximate surface area is 247 Å². The predicted molar refractivity (Wildman–Crippen MR) is 170 cm³/mol. The molecule has 1 aliphatic carbocycles. The lowest BCUT2D eigenvalue weighted by atomic mass is 9.81. The van der Waals surface area contributed by atoms with Crippen molar-refractivity contribution in [1.82, 2.24) is 0 Å². The summed E-state index contributed by atoms with van der Waals surface area (Å²) < 4.78 is 24.7. The molecular formula is C35H46O5Si. The summed E-state index contributed by atoms with van der Waals surface area (Å²) in [4.78, 5) is 14.2. The van der Waals surface area contributed by atoms with Crippen molar-refractivity contribution in [1.29, 1.82) is 0 Å². The van der Waals surface area contributed by atoms with E-state index < -0.39 is 8.32 Å². The molecule has 1 aliphatic rings. The van der Waals surface area contributed by atoms with Gasteiger partial charge in [0.15, 0.2) is 5.78 Å². The zero-order valence-corrected chi connectivity index (χ0v) is 27.0. The van der Waals surface area contributed by atoms with E-state index in [9.17, 15) is 4.79 Å². The summed E-state index contributed by atoms with van der Waals surface area (Å²) in [6, 6.07) is 17.6. The standard InChI is InChI=1S/C35H46O5Si/c1-9-24-18-26(20-27(19-24)40-41(7,8)35(2,3)4)21-30(36)29-22-32(38-6)28-16-13-17-31(37-5)33(28)34(29)39-23-25-14-11-10-12-15-25/h10-17,20,22,24,26H,9,18-19,21,23H2,1-8H3. The minimum atomic E-state index is -1.98. The second kappa shape index (κ2) is 12.7. The molecule has 0 amide bonds. The van der Waals surface area contributed by atoms with Gasteiger partial charge in [0, 0.05) is 18.2 Å². The van der Waals surface area contributed by atoms with Gasteiger partial charge in [0.05, 0.1) is 30.9 Å². The van der Waals surface area contributed by atoms with E-state index in [1.165, 1.54) is 0 Å². The first-order valence-corrected chi connectivity index (χ1v) is 17.7. The van der Waals surface area contributed by atoms with Crippen molar-refractivity contribution in [2.24, 2.45) is 11.8 Å². The third kappa shape index (κ3) is 6.98. The van der Waals surface area contributed by atoms with Crippen molar-refractivity contribution in [2.45, 2.75) is 78.1 Å². The van der Waals surface area contributed by atoms with Crippen molar-refractivity contribution in [2.75, 3.05) is 14.2 Å². The Kier molecular flexibility index (Phi) is 9.53. The van der Waals surface area contributed by atoms with Gasteiger partial charge in [-0.3, -0.25) is 4.79 Å². The van der Waals surface area contributed by atoms with Gasteiger partial charge >= 0.3 is 0 Å². The summed E-state index contributed by atoms with van der Waals surface area (Å²) in [5.41, 5.74) is 1.55. The summed E-state index contributed by atoms with van der Waals surface area (Å²) in [5, 5.41) is 1.71. The van der Waals surface area contributed by atoms with Crippen LogP contribution in [0.5, 0.6) is 17.2 Å². The maximum absolute atomic E-state index is 14.2. The number of allylic oxidation sites excluding steroid dienone is 2. The number of Topliss-reactive ketones (excluding diaryl/α,β-unsaturated/α-hetero) is 1. The van der Waals surface area contributed by atoms with E-state index in [0.717, 1.165) is 41.4 Å². The molecule has 41 heavy (non-hydrogen) atoms. The van der Waals surface area contributed by atoms with Crippen LogP contribution in [-0.4, -0.2) is 28.3 Å². The fourth-order valence-corrected chi connectivity index (χ4v) is 6.47. The molecule has 6 heteroatoms. The first-order valence-electron chi connectivity index (χ1n) is 14.7. The first kappa shape index (κ1) is 30.7. The molecular weight excluding hydrogens is 528 g/mol. The Hall–Kier alpha value is -3.25. The molecule has 3 aromatic carbocycles. The second-order valence-corrected chi connectivity index (χ2v) is 17.4. The van der Waals surface area contributed by atoms with E-state index in [0.29, 0.717) is 41.8 Å². The van der Waals surface area contributed by atoms with Crippen molar-refractivity contribution < 1.29 is 23.4 Å². The average Bonchev–Trinajstić information content (AvgIpc) is 2.94. The number of hydrogen-bond donors (Lipinski definition) is 0. The number of carbonyl (C=O) groups excluding carboxylic acids is 1. The second-order valence-electron chi connectivity index (χ2n) is 12.7. The van der Waals surface area contributed by atoms with E-state index in [4.69, 9.17) is 18.6 Å². The van der Waals surface area contributed by atoms with Crippen LogP contribution in [0.4, 0.5) is 0 Å². The number of methoxy groups -OCH3 is 2. The van der Waals surface area contributed by atoms with Gasteiger partial charge in [0.1, 0.15) is 23.9 Å². The molecule has 0 aromatic heterocycles. The van der Waals surface area contributed by atoms with E-state index >= 15 is 0 Å². The van der Waals surface area contributed by atoms with Crippen LogP contribution in [0.15, 0.2) is 66.4 Å². The van der Waals surface area contributed by atoms with Crippen LogP contribution in [0.25, 0.3) is 10.8 Å². The Morgan fingerprint density at radius 3 is 2.32 bits per heavy atom. The minimum Gasteiger partial charge on any atom is -0.547 e. The highest BCUT2D eigenvalue weighted by Crippen LogP contribution is 2.45. The summed E-state index contributed by atoms with van der Waals surface area (Å²) in [7, 11) is 1.29. The van der Waals surface area contributed by atoms with Gasteiger partial charge in [-0.1, -0.05) is 76.6 Å². The molecule has 0 saturated heterocycles. The molecule has 220 valence electrons. The molecule has 0 saturated carbocycles. The Balaban J connectivity index is 1.73. The normalized spacial score (nSPS) is 17.6. The highest BCUT2D eigenvalue weighted by molar-refractivity contribution is 6.74.